The summed E-state index contributed by atoms with van der Waals surface area (Å²) in [6.07, 6.45) is 1.67. The number of ether oxygens (including phenoxy) is 1. The van der Waals surface area contributed by atoms with Crippen LogP contribution in [0.25, 0.3) is 0 Å². The Morgan fingerprint density at radius 1 is 1.33 bits per heavy atom. The van der Waals surface area contributed by atoms with E-state index in [1.165, 1.54) is 0 Å². The summed E-state index contributed by atoms with van der Waals surface area (Å²) in [7, 11) is 0. The van der Waals surface area contributed by atoms with Crippen molar-refractivity contribution in [3.8, 4) is 11.6 Å². The highest BCUT2D eigenvalue weighted by Gasteiger charge is 2.06. The predicted molar refractivity (Wildman–Crippen MR) is 69.0 cm³/mol. The molecule has 92 valence electrons. The fourth-order valence-electron chi connectivity index (χ4n) is 1.39. The maximum Gasteiger partial charge on any atom is 0.248 e. The van der Waals surface area contributed by atoms with Crippen molar-refractivity contribution in [2.24, 2.45) is 5.73 Å². The average Bonchev–Trinajstić information content (AvgIpc) is 2.33. The Morgan fingerprint density at radius 2 is 2.00 bits per heavy atom. The molecular formula is C13H11ClN2O2. The SMILES string of the molecule is Cc1cnc(Oc2ccc(C(N)=O)cc2)c(Cl)c1. The van der Waals surface area contributed by atoms with Crippen LogP contribution in [0.3, 0.4) is 0 Å². The summed E-state index contributed by atoms with van der Waals surface area (Å²) < 4.78 is 5.50. The third-order valence-electron chi connectivity index (χ3n) is 2.30. The number of primary amides is 1. The molecule has 0 aliphatic rings. The molecule has 18 heavy (non-hydrogen) atoms. The number of nitrogens with two attached hydrogens (primary N) is 1. The van der Waals surface area contributed by atoms with Gasteiger partial charge in [-0.05, 0) is 42.8 Å². The zero-order valence-corrected chi connectivity index (χ0v) is 10.4. The number of pyridine rings is 1. The van der Waals surface area contributed by atoms with Crippen molar-refractivity contribution >= 4 is 17.5 Å². The van der Waals surface area contributed by atoms with E-state index in [0.29, 0.717) is 22.2 Å². The van der Waals surface area contributed by atoms with E-state index in [0.717, 1.165) is 5.56 Å². The number of hydrogen-bond acceptors (Lipinski definition) is 3. The molecule has 2 aromatic rings. The van der Waals surface area contributed by atoms with Gasteiger partial charge in [0.15, 0.2) is 0 Å². The van der Waals surface area contributed by atoms with Crippen molar-refractivity contribution in [3.05, 3.63) is 52.7 Å². The lowest BCUT2D eigenvalue weighted by Gasteiger charge is -2.07. The lowest BCUT2D eigenvalue weighted by molar-refractivity contribution is 0.100. The molecule has 1 aromatic heterocycles. The first-order valence-electron chi connectivity index (χ1n) is 5.26. The van der Waals surface area contributed by atoms with Crippen LogP contribution >= 0.6 is 11.6 Å². The van der Waals surface area contributed by atoms with Gasteiger partial charge in [-0.2, -0.15) is 0 Å². The first-order chi connectivity index (χ1) is 8.56. The quantitative estimate of drug-likeness (QED) is 0.925. The third kappa shape index (κ3) is 2.78. The predicted octanol–water partition coefficient (Wildman–Crippen LogP) is 2.93. The van der Waals surface area contributed by atoms with E-state index in [1.807, 2.05) is 6.92 Å². The average molecular weight is 263 g/mol. The lowest BCUT2D eigenvalue weighted by Crippen LogP contribution is -2.10. The van der Waals surface area contributed by atoms with Gasteiger partial charge in [0.05, 0.1) is 0 Å². The van der Waals surface area contributed by atoms with Crippen LogP contribution in [0.15, 0.2) is 36.5 Å². The molecule has 0 aliphatic heterocycles. The number of carbonyl (C=O) groups is 1. The summed E-state index contributed by atoms with van der Waals surface area (Å²) in [6, 6.07) is 8.21. The van der Waals surface area contributed by atoms with Crippen LogP contribution < -0.4 is 10.5 Å². The lowest BCUT2D eigenvalue weighted by atomic mass is 10.2. The van der Waals surface area contributed by atoms with Gasteiger partial charge >= 0.3 is 0 Å². The first kappa shape index (κ1) is 12.4. The topological polar surface area (TPSA) is 65.2 Å². The normalized spacial score (nSPS) is 10.1. The van der Waals surface area contributed by atoms with Gasteiger partial charge in [0.25, 0.3) is 0 Å². The number of benzene rings is 1. The summed E-state index contributed by atoms with van der Waals surface area (Å²) in [5.41, 5.74) is 6.52. The summed E-state index contributed by atoms with van der Waals surface area (Å²) in [5, 5.41) is 0.439. The molecule has 1 aromatic carbocycles. The van der Waals surface area contributed by atoms with Gasteiger partial charge in [-0.25, -0.2) is 4.98 Å². The number of carbonyl (C=O) groups excluding carboxylic acids is 1. The Balaban J connectivity index is 2.21. The maximum absolute atomic E-state index is 10.9. The number of rotatable bonds is 3. The summed E-state index contributed by atoms with van der Waals surface area (Å²) in [5.74, 6) is 0.389. The number of aromatic nitrogens is 1. The van der Waals surface area contributed by atoms with Gasteiger partial charge in [0.1, 0.15) is 10.8 Å². The van der Waals surface area contributed by atoms with Gasteiger partial charge in [-0.1, -0.05) is 11.6 Å². The van der Waals surface area contributed by atoms with Crippen molar-refractivity contribution in [1.82, 2.24) is 4.98 Å². The number of amides is 1. The van der Waals surface area contributed by atoms with Gasteiger partial charge < -0.3 is 10.5 Å². The minimum atomic E-state index is -0.479. The zero-order chi connectivity index (χ0) is 13.1. The smallest absolute Gasteiger partial charge is 0.248 e. The highest BCUT2D eigenvalue weighted by atomic mass is 35.5. The Bertz CT molecular complexity index is 582. The molecule has 1 amide bonds. The second-order valence-corrected chi connectivity index (χ2v) is 4.20. The molecule has 0 aliphatic carbocycles. The van der Waals surface area contributed by atoms with E-state index in [4.69, 9.17) is 22.1 Å². The number of halogens is 1. The molecule has 0 bridgehead atoms. The van der Waals surface area contributed by atoms with Gasteiger partial charge in [0.2, 0.25) is 11.8 Å². The molecule has 2 rings (SSSR count). The Kier molecular flexibility index (Phi) is 3.48. The molecule has 0 saturated carbocycles. The van der Waals surface area contributed by atoms with E-state index in [1.54, 1.807) is 36.5 Å². The Hall–Kier alpha value is -2.07. The van der Waals surface area contributed by atoms with Crippen molar-refractivity contribution in [1.29, 1.82) is 0 Å². The first-order valence-corrected chi connectivity index (χ1v) is 5.64. The number of nitrogens with zero attached hydrogens (tertiary/aromatic N) is 1. The number of hydrogen-bond donors (Lipinski definition) is 1. The van der Waals surface area contributed by atoms with Crippen LogP contribution in [0.5, 0.6) is 11.6 Å². The van der Waals surface area contributed by atoms with Crippen LogP contribution in [0.2, 0.25) is 5.02 Å². The molecule has 0 atom stereocenters. The fraction of sp³-hybridized carbons (Fsp3) is 0.0769. The number of aryl methyl sites for hydroxylation is 1. The fourth-order valence-corrected chi connectivity index (χ4v) is 1.65. The Labute approximate surface area is 109 Å². The minimum Gasteiger partial charge on any atom is -0.438 e. The van der Waals surface area contributed by atoms with Crippen molar-refractivity contribution in [2.45, 2.75) is 6.92 Å². The van der Waals surface area contributed by atoms with Gasteiger partial charge in [-0.15, -0.1) is 0 Å². The molecule has 0 unspecified atom stereocenters. The molecule has 2 N–H and O–H groups in total. The third-order valence-corrected chi connectivity index (χ3v) is 2.57. The van der Waals surface area contributed by atoms with E-state index in [2.05, 4.69) is 4.98 Å². The van der Waals surface area contributed by atoms with Gasteiger partial charge in [-0.3, -0.25) is 4.79 Å². The molecular weight excluding hydrogens is 252 g/mol. The highest BCUT2D eigenvalue weighted by molar-refractivity contribution is 6.31. The monoisotopic (exact) mass is 262 g/mol. The van der Waals surface area contributed by atoms with Crippen molar-refractivity contribution in [2.75, 3.05) is 0 Å². The summed E-state index contributed by atoms with van der Waals surface area (Å²) in [6.45, 7) is 1.89. The summed E-state index contributed by atoms with van der Waals surface area (Å²) in [4.78, 5) is 15.0. The van der Waals surface area contributed by atoms with Crippen molar-refractivity contribution < 1.29 is 9.53 Å². The molecule has 0 radical (unpaired) electrons. The second kappa shape index (κ2) is 5.06. The van der Waals surface area contributed by atoms with Crippen LogP contribution in [0, 0.1) is 6.92 Å². The van der Waals surface area contributed by atoms with E-state index in [9.17, 15) is 4.79 Å². The van der Waals surface area contributed by atoms with E-state index >= 15 is 0 Å². The van der Waals surface area contributed by atoms with Crippen LogP contribution in [-0.2, 0) is 0 Å². The largest absolute Gasteiger partial charge is 0.438 e. The molecule has 1 heterocycles. The Morgan fingerprint density at radius 3 is 2.56 bits per heavy atom. The molecule has 0 spiro atoms. The maximum atomic E-state index is 10.9. The van der Waals surface area contributed by atoms with E-state index < -0.39 is 5.91 Å². The van der Waals surface area contributed by atoms with Crippen LogP contribution in [-0.4, -0.2) is 10.9 Å². The highest BCUT2D eigenvalue weighted by Crippen LogP contribution is 2.27. The molecule has 0 saturated heterocycles. The van der Waals surface area contributed by atoms with Crippen LogP contribution in [0.4, 0.5) is 0 Å². The van der Waals surface area contributed by atoms with Crippen LogP contribution in [0.1, 0.15) is 15.9 Å². The van der Waals surface area contributed by atoms with Crippen molar-refractivity contribution in [3.63, 3.8) is 0 Å². The molecule has 5 heteroatoms. The second-order valence-electron chi connectivity index (χ2n) is 3.79. The summed E-state index contributed by atoms with van der Waals surface area (Å²) >= 11 is 6.00. The molecule has 0 fully saturated rings. The minimum absolute atomic E-state index is 0.328. The standard InChI is InChI=1S/C13H11ClN2O2/c1-8-6-11(14)13(16-7-8)18-10-4-2-9(3-5-10)12(15)17/h2-7H,1H3,(H2,15,17). The van der Waals surface area contributed by atoms with E-state index in [-0.39, 0.29) is 0 Å². The molecule has 4 nitrogen and oxygen atoms in total. The zero-order valence-electron chi connectivity index (χ0n) is 9.68. The van der Waals surface area contributed by atoms with Gasteiger partial charge in [0, 0.05) is 11.8 Å².